The van der Waals surface area contributed by atoms with Gasteiger partial charge in [-0.25, -0.2) is 4.98 Å². The number of fused-ring (bicyclic) bond motifs is 1. The summed E-state index contributed by atoms with van der Waals surface area (Å²) < 4.78 is 53.0. The van der Waals surface area contributed by atoms with Gasteiger partial charge in [0.05, 0.1) is 22.3 Å². The van der Waals surface area contributed by atoms with Crippen molar-refractivity contribution >= 4 is 11.0 Å². The van der Waals surface area contributed by atoms with E-state index in [9.17, 15) is 5.11 Å². The summed E-state index contributed by atoms with van der Waals surface area (Å²) in [7, 11) is 0. The summed E-state index contributed by atoms with van der Waals surface area (Å²) >= 11 is 0. The number of para-hydroxylation sites is 1. The van der Waals surface area contributed by atoms with E-state index in [4.69, 9.17) is 18.2 Å². The van der Waals surface area contributed by atoms with Crippen molar-refractivity contribution in [3.63, 3.8) is 0 Å². The summed E-state index contributed by atoms with van der Waals surface area (Å²) in [5, 5.41) is 12.6. The van der Waals surface area contributed by atoms with Crippen LogP contribution >= 0.6 is 0 Å². The van der Waals surface area contributed by atoms with E-state index in [2.05, 4.69) is 109 Å². The second-order valence-electron chi connectivity index (χ2n) is 19.9. The predicted molar refractivity (Wildman–Crippen MR) is 294 cm³/mol. The SMILES string of the molecule is [2H]C([2H])([2H])c1ccc(-c2ccnc(-c3[c-]c(-c4cccc5c4nc(-c4cc(C(C)C)cc(C(C)C)c4O)n5-c4cc(C([2H])([2H])[2H])c(-c5ccccc5)cc4-c4ccc(C(C)(C)C)cc4)cc(-c4ccccc4)c3)c2)cc1.[Pt]. The molecule has 2 heterocycles. The normalized spacial score (nSPS) is 13.3. The van der Waals surface area contributed by atoms with Crippen LogP contribution in [0.15, 0.2) is 182 Å². The number of phenolic OH excluding ortho intramolecular Hbond substituents is 1. The molecule has 0 fully saturated rings. The third-order valence-electron chi connectivity index (χ3n) is 13.4. The molecule has 10 rings (SSSR count). The molecule has 0 radical (unpaired) electrons. The third-order valence-corrected chi connectivity index (χ3v) is 13.4. The fourth-order valence-corrected chi connectivity index (χ4v) is 9.45. The zero-order valence-corrected chi connectivity index (χ0v) is 43.4. The molecule has 0 aliphatic rings. The molecule has 4 nitrogen and oxygen atoms in total. The number of aromatic hydroxyl groups is 1. The number of aromatic nitrogens is 3. The minimum absolute atomic E-state index is 0. The van der Waals surface area contributed by atoms with Crippen LogP contribution in [0.2, 0.25) is 0 Å². The quantitative estimate of drug-likeness (QED) is 0.139. The zero-order chi connectivity index (χ0) is 53.8. The van der Waals surface area contributed by atoms with Crippen LogP contribution in [0, 0.1) is 19.8 Å². The van der Waals surface area contributed by atoms with Gasteiger partial charge in [-0.1, -0.05) is 204 Å². The van der Waals surface area contributed by atoms with E-state index >= 15 is 0 Å². The van der Waals surface area contributed by atoms with Crippen LogP contribution in [0.5, 0.6) is 5.75 Å². The van der Waals surface area contributed by atoms with Crippen molar-refractivity contribution in [2.75, 3.05) is 0 Å². The van der Waals surface area contributed by atoms with E-state index in [1.54, 1.807) is 18.3 Å². The molecule has 8 aromatic carbocycles. The Balaban J connectivity index is 0.00000722. The first kappa shape index (κ1) is 41.6. The Hall–Kier alpha value is -7.13. The molecule has 1 N–H and O–H groups in total. The fourth-order valence-electron chi connectivity index (χ4n) is 9.45. The Bertz CT molecular complexity index is 3760. The van der Waals surface area contributed by atoms with Crippen LogP contribution in [-0.4, -0.2) is 19.6 Å². The first-order chi connectivity index (χ1) is 36.1. The van der Waals surface area contributed by atoms with Gasteiger partial charge in [-0.15, -0.1) is 23.8 Å². The standard InChI is InChI=1S/C66H60N3O.Pt/c1-41(2)50-37-56(42(3)4)64(70)59(38-50)65-68-63-55(52-34-51(45-17-12-10-13-18-45)35-53(36-52)60-39-49(31-32-67-60)46-25-23-43(5)24-26-46)21-16-22-61(63)69(65)62-33-44(6)57(47-19-14-11-15-20-47)40-58(62)48-27-29-54(30-28-48)66(7,8)9;/h10-35,37-42,70H,1-9H3;/q-1;/i5D3,6D3;. The molecule has 356 valence electrons. The van der Waals surface area contributed by atoms with Crippen molar-refractivity contribution in [2.45, 2.75) is 79.4 Å². The summed E-state index contributed by atoms with van der Waals surface area (Å²) in [4.78, 5) is 10.5. The Morgan fingerprint density at radius 2 is 1.23 bits per heavy atom. The molecule has 71 heavy (non-hydrogen) atoms. The summed E-state index contributed by atoms with van der Waals surface area (Å²) in [6.45, 7) is 10.2. The molecule has 10 aromatic rings. The van der Waals surface area contributed by atoms with Gasteiger partial charge in [0.2, 0.25) is 0 Å². The topological polar surface area (TPSA) is 50.9 Å². The summed E-state index contributed by atoms with van der Waals surface area (Å²) in [6, 6.07) is 61.1. The van der Waals surface area contributed by atoms with E-state index in [0.717, 1.165) is 72.3 Å². The fraction of sp³-hybridized carbons (Fsp3) is 0.182. The minimum Gasteiger partial charge on any atom is -0.507 e. The molecule has 0 saturated heterocycles. The number of benzene rings is 8. The van der Waals surface area contributed by atoms with E-state index < -0.39 is 13.7 Å². The minimum atomic E-state index is -2.52. The van der Waals surface area contributed by atoms with Crippen LogP contribution in [0.3, 0.4) is 0 Å². The smallest absolute Gasteiger partial charge is 0.148 e. The second-order valence-corrected chi connectivity index (χ2v) is 19.9. The van der Waals surface area contributed by atoms with Gasteiger partial charge in [0, 0.05) is 46.7 Å². The summed E-state index contributed by atoms with van der Waals surface area (Å²) in [5.41, 5.74) is 15.4. The van der Waals surface area contributed by atoms with Crippen molar-refractivity contribution in [2.24, 2.45) is 0 Å². The Kier molecular flexibility index (Phi) is 11.7. The molecule has 0 aliphatic carbocycles. The zero-order valence-electron chi connectivity index (χ0n) is 47.1. The van der Waals surface area contributed by atoms with Gasteiger partial charge in [0.15, 0.2) is 0 Å². The molecular weight excluding hydrogens is 1050 g/mol. The van der Waals surface area contributed by atoms with Crippen molar-refractivity contribution in [1.82, 2.24) is 14.5 Å². The van der Waals surface area contributed by atoms with Crippen molar-refractivity contribution in [1.29, 1.82) is 0 Å². The second kappa shape index (κ2) is 19.9. The maximum absolute atomic E-state index is 12.6. The van der Waals surface area contributed by atoms with Crippen LogP contribution < -0.4 is 0 Å². The molecule has 0 bridgehead atoms. The predicted octanol–water partition coefficient (Wildman–Crippen LogP) is 17.8. The van der Waals surface area contributed by atoms with Gasteiger partial charge in [0.1, 0.15) is 11.6 Å². The van der Waals surface area contributed by atoms with E-state index in [0.29, 0.717) is 39.4 Å². The maximum Gasteiger partial charge on any atom is 0.148 e. The summed E-state index contributed by atoms with van der Waals surface area (Å²) in [5.74, 6) is 0.664. The summed E-state index contributed by atoms with van der Waals surface area (Å²) in [6.07, 6.45) is 1.76. The average Bonchev–Trinajstić information content (AvgIpc) is 3.87. The van der Waals surface area contributed by atoms with Gasteiger partial charge in [-0.2, -0.15) is 0 Å². The molecular formula is C66H60N3OPt-. The number of phenols is 1. The van der Waals surface area contributed by atoms with Gasteiger partial charge in [-0.05, 0) is 117 Å². The molecule has 5 heteroatoms. The number of nitrogens with zero attached hydrogens (tertiary/aromatic N) is 3. The van der Waals surface area contributed by atoms with Crippen LogP contribution in [-0.2, 0) is 26.5 Å². The molecule has 0 aliphatic heterocycles. The number of hydrogen-bond acceptors (Lipinski definition) is 3. The van der Waals surface area contributed by atoms with Gasteiger partial charge in [-0.3, -0.25) is 9.55 Å². The molecule has 0 amide bonds. The molecule has 0 unspecified atom stereocenters. The Morgan fingerprint density at radius 1 is 0.563 bits per heavy atom. The van der Waals surface area contributed by atoms with Gasteiger partial charge in [0.25, 0.3) is 0 Å². The monoisotopic (exact) mass is 1110 g/mol. The number of imidazole rings is 1. The molecule has 2 aromatic heterocycles. The van der Waals surface area contributed by atoms with E-state index in [1.807, 2.05) is 114 Å². The molecule has 0 saturated carbocycles. The van der Waals surface area contributed by atoms with Crippen molar-refractivity contribution < 1.29 is 34.4 Å². The van der Waals surface area contributed by atoms with Crippen molar-refractivity contribution in [3.05, 3.63) is 216 Å². The first-order valence-electron chi connectivity index (χ1n) is 27.1. The van der Waals surface area contributed by atoms with E-state index in [1.165, 1.54) is 0 Å². The van der Waals surface area contributed by atoms with Crippen LogP contribution in [0.4, 0.5) is 0 Å². The average molecular weight is 1110 g/mol. The van der Waals surface area contributed by atoms with Crippen LogP contribution in [0.25, 0.3) is 95.0 Å². The maximum atomic E-state index is 12.6. The van der Waals surface area contributed by atoms with E-state index in [-0.39, 0.29) is 55.2 Å². The van der Waals surface area contributed by atoms with Gasteiger partial charge >= 0.3 is 0 Å². The third kappa shape index (κ3) is 9.71. The Labute approximate surface area is 442 Å². The number of pyridine rings is 1. The van der Waals surface area contributed by atoms with Crippen molar-refractivity contribution in [3.8, 4) is 89.7 Å². The number of rotatable bonds is 10. The Morgan fingerprint density at radius 3 is 1.89 bits per heavy atom. The first-order valence-corrected chi connectivity index (χ1v) is 24.1. The molecule has 0 atom stereocenters. The van der Waals surface area contributed by atoms with Gasteiger partial charge < -0.3 is 5.11 Å². The molecule has 0 spiro atoms. The van der Waals surface area contributed by atoms with Crippen LogP contribution in [0.1, 0.15) is 96.3 Å². The number of hydrogen-bond donors (Lipinski definition) is 1. The number of aryl methyl sites for hydroxylation is 2. The largest absolute Gasteiger partial charge is 0.507 e.